The van der Waals surface area contributed by atoms with Crippen molar-refractivity contribution in [2.75, 3.05) is 0 Å². The van der Waals surface area contributed by atoms with E-state index < -0.39 is 11.9 Å². The van der Waals surface area contributed by atoms with Crippen molar-refractivity contribution in [3.63, 3.8) is 0 Å². The van der Waals surface area contributed by atoms with Crippen LogP contribution in [-0.2, 0) is 11.2 Å². The Morgan fingerprint density at radius 2 is 2.36 bits per heavy atom. The number of aromatic nitrogens is 1. The fourth-order valence-corrected chi connectivity index (χ4v) is 1.10. The van der Waals surface area contributed by atoms with Gasteiger partial charge in [-0.2, -0.15) is 0 Å². The van der Waals surface area contributed by atoms with E-state index in [9.17, 15) is 9.18 Å². The summed E-state index contributed by atoms with van der Waals surface area (Å²) in [5.41, 5.74) is 0.734. The van der Waals surface area contributed by atoms with E-state index in [1.807, 2.05) is 0 Å². The Kier molecular flexibility index (Phi) is 3.56. The maximum absolute atomic E-state index is 12.7. The quantitative estimate of drug-likeness (QED) is 0.801. The zero-order valence-corrected chi connectivity index (χ0v) is 7.90. The standard InChI is InChI=1S/C10H12FNO2/c1-7(10(13)14)2-3-8-4-9(11)6-12-5-8/h4-7H,2-3H2,1H3,(H,13,14). The van der Waals surface area contributed by atoms with Gasteiger partial charge in [0.2, 0.25) is 0 Å². The molecule has 0 bridgehead atoms. The second kappa shape index (κ2) is 4.69. The molecule has 1 atom stereocenters. The minimum Gasteiger partial charge on any atom is -0.481 e. The van der Waals surface area contributed by atoms with Crippen molar-refractivity contribution in [3.05, 3.63) is 29.8 Å². The predicted molar refractivity (Wildman–Crippen MR) is 49.3 cm³/mol. The number of carbonyl (C=O) groups is 1. The summed E-state index contributed by atoms with van der Waals surface area (Å²) in [6, 6.07) is 1.38. The fourth-order valence-electron chi connectivity index (χ4n) is 1.10. The Morgan fingerprint density at radius 1 is 1.64 bits per heavy atom. The third-order valence-electron chi connectivity index (χ3n) is 2.05. The zero-order valence-electron chi connectivity index (χ0n) is 7.90. The summed E-state index contributed by atoms with van der Waals surface area (Å²) in [6.45, 7) is 1.63. The Morgan fingerprint density at radius 3 is 2.93 bits per heavy atom. The lowest BCUT2D eigenvalue weighted by Crippen LogP contribution is -2.10. The number of pyridine rings is 1. The summed E-state index contributed by atoms with van der Waals surface area (Å²) >= 11 is 0. The van der Waals surface area contributed by atoms with Gasteiger partial charge < -0.3 is 5.11 Å². The predicted octanol–water partition coefficient (Wildman–Crippen LogP) is 1.87. The molecule has 1 aromatic heterocycles. The van der Waals surface area contributed by atoms with Crippen molar-refractivity contribution in [3.8, 4) is 0 Å². The van der Waals surface area contributed by atoms with Crippen LogP contribution in [0.1, 0.15) is 18.9 Å². The molecule has 0 fully saturated rings. The van der Waals surface area contributed by atoms with Crippen LogP contribution in [0.3, 0.4) is 0 Å². The molecule has 0 saturated carbocycles. The van der Waals surface area contributed by atoms with Gasteiger partial charge in [0.15, 0.2) is 0 Å². The van der Waals surface area contributed by atoms with Crippen LogP contribution in [0, 0.1) is 11.7 Å². The summed E-state index contributed by atoms with van der Waals surface area (Å²) in [7, 11) is 0. The molecular weight excluding hydrogens is 185 g/mol. The van der Waals surface area contributed by atoms with Gasteiger partial charge in [0, 0.05) is 6.20 Å². The third kappa shape index (κ3) is 3.12. The minimum absolute atomic E-state index is 0.384. The van der Waals surface area contributed by atoms with E-state index in [2.05, 4.69) is 4.98 Å². The zero-order chi connectivity index (χ0) is 10.6. The number of hydrogen-bond acceptors (Lipinski definition) is 2. The molecule has 1 aromatic rings. The van der Waals surface area contributed by atoms with Gasteiger partial charge in [-0.05, 0) is 24.5 Å². The van der Waals surface area contributed by atoms with Crippen LogP contribution >= 0.6 is 0 Å². The number of aliphatic carboxylic acids is 1. The van der Waals surface area contributed by atoms with Crippen molar-refractivity contribution in [2.24, 2.45) is 5.92 Å². The second-order valence-electron chi connectivity index (χ2n) is 3.29. The van der Waals surface area contributed by atoms with E-state index in [4.69, 9.17) is 5.11 Å². The van der Waals surface area contributed by atoms with Crippen LogP contribution < -0.4 is 0 Å². The highest BCUT2D eigenvalue weighted by Gasteiger charge is 2.10. The molecule has 0 aliphatic rings. The lowest BCUT2D eigenvalue weighted by atomic mass is 10.0. The SMILES string of the molecule is CC(CCc1cncc(F)c1)C(=O)O. The monoisotopic (exact) mass is 197 g/mol. The first-order valence-corrected chi connectivity index (χ1v) is 4.42. The molecule has 0 saturated heterocycles. The highest BCUT2D eigenvalue weighted by atomic mass is 19.1. The van der Waals surface area contributed by atoms with Gasteiger partial charge in [-0.25, -0.2) is 4.39 Å². The van der Waals surface area contributed by atoms with Crippen LogP contribution in [-0.4, -0.2) is 16.1 Å². The van der Waals surface area contributed by atoms with Gasteiger partial charge in [-0.3, -0.25) is 9.78 Å². The molecule has 0 aliphatic heterocycles. The molecule has 1 heterocycles. The first-order chi connectivity index (χ1) is 6.59. The Hall–Kier alpha value is -1.45. The number of halogens is 1. The summed E-state index contributed by atoms with van der Waals surface area (Å²) < 4.78 is 12.7. The molecule has 4 heteroatoms. The Bertz CT molecular complexity index is 328. The van der Waals surface area contributed by atoms with E-state index in [1.54, 1.807) is 13.1 Å². The lowest BCUT2D eigenvalue weighted by molar-refractivity contribution is -0.141. The largest absolute Gasteiger partial charge is 0.481 e. The molecule has 0 radical (unpaired) electrons. The topological polar surface area (TPSA) is 50.2 Å². The van der Waals surface area contributed by atoms with Crippen LogP contribution in [0.15, 0.2) is 18.5 Å². The number of carboxylic acid groups (broad SMARTS) is 1. The van der Waals surface area contributed by atoms with Crippen molar-refractivity contribution in [2.45, 2.75) is 19.8 Å². The van der Waals surface area contributed by atoms with E-state index in [0.29, 0.717) is 12.8 Å². The maximum atomic E-state index is 12.7. The van der Waals surface area contributed by atoms with E-state index in [0.717, 1.165) is 11.8 Å². The highest BCUT2D eigenvalue weighted by molar-refractivity contribution is 5.69. The third-order valence-corrected chi connectivity index (χ3v) is 2.05. The van der Waals surface area contributed by atoms with E-state index in [-0.39, 0.29) is 5.82 Å². The molecule has 3 nitrogen and oxygen atoms in total. The second-order valence-corrected chi connectivity index (χ2v) is 3.29. The average Bonchev–Trinajstić information content (AvgIpc) is 2.14. The molecule has 0 aromatic carbocycles. The molecule has 76 valence electrons. The lowest BCUT2D eigenvalue weighted by Gasteiger charge is -2.05. The van der Waals surface area contributed by atoms with Gasteiger partial charge >= 0.3 is 5.97 Å². The van der Waals surface area contributed by atoms with E-state index in [1.165, 1.54) is 6.07 Å². The van der Waals surface area contributed by atoms with Crippen molar-refractivity contribution in [1.29, 1.82) is 0 Å². The summed E-state index contributed by atoms with van der Waals surface area (Å²) in [5.74, 6) is -1.61. The van der Waals surface area contributed by atoms with Gasteiger partial charge in [-0.1, -0.05) is 6.92 Å². The van der Waals surface area contributed by atoms with Crippen molar-refractivity contribution in [1.82, 2.24) is 4.98 Å². The minimum atomic E-state index is -0.825. The molecule has 1 unspecified atom stereocenters. The van der Waals surface area contributed by atoms with Crippen LogP contribution in [0.2, 0.25) is 0 Å². The van der Waals surface area contributed by atoms with Gasteiger partial charge in [0.25, 0.3) is 0 Å². The van der Waals surface area contributed by atoms with Crippen LogP contribution in [0.25, 0.3) is 0 Å². The van der Waals surface area contributed by atoms with Crippen molar-refractivity contribution >= 4 is 5.97 Å². The highest BCUT2D eigenvalue weighted by Crippen LogP contribution is 2.09. The summed E-state index contributed by atoms with van der Waals surface area (Å²) in [4.78, 5) is 14.2. The molecule has 1 rings (SSSR count). The van der Waals surface area contributed by atoms with E-state index >= 15 is 0 Å². The number of nitrogens with zero attached hydrogens (tertiary/aromatic N) is 1. The fraction of sp³-hybridized carbons (Fsp3) is 0.400. The first-order valence-electron chi connectivity index (χ1n) is 4.42. The Labute approximate surface area is 81.6 Å². The van der Waals surface area contributed by atoms with Crippen molar-refractivity contribution < 1.29 is 14.3 Å². The summed E-state index contributed by atoms with van der Waals surface area (Å²) in [6.07, 6.45) is 3.72. The maximum Gasteiger partial charge on any atom is 0.306 e. The van der Waals surface area contributed by atoms with Crippen LogP contribution in [0.5, 0.6) is 0 Å². The number of rotatable bonds is 4. The van der Waals surface area contributed by atoms with Gasteiger partial charge in [0.05, 0.1) is 12.1 Å². The van der Waals surface area contributed by atoms with Crippen LogP contribution in [0.4, 0.5) is 4.39 Å². The molecular formula is C10H12FNO2. The Balaban J connectivity index is 2.49. The number of aryl methyl sites for hydroxylation is 1. The number of hydrogen-bond donors (Lipinski definition) is 1. The van der Waals surface area contributed by atoms with Gasteiger partial charge in [-0.15, -0.1) is 0 Å². The molecule has 0 amide bonds. The molecule has 0 spiro atoms. The smallest absolute Gasteiger partial charge is 0.306 e. The first kappa shape index (κ1) is 10.6. The van der Waals surface area contributed by atoms with Gasteiger partial charge in [0.1, 0.15) is 5.82 Å². The normalized spacial score (nSPS) is 12.4. The average molecular weight is 197 g/mol. The molecule has 0 aliphatic carbocycles. The summed E-state index contributed by atoms with van der Waals surface area (Å²) in [5, 5.41) is 8.62. The number of carboxylic acids is 1. The molecule has 1 N–H and O–H groups in total. The molecule has 14 heavy (non-hydrogen) atoms.